The Bertz CT molecular complexity index is 874. The number of aromatic nitrogens is 2. The van der Waals surface area contributed by atoms with E-state index >= 15 is 0 Å². The lowest BCUT2D eigenvalue weighted by Crippen LogP contribution is -2.45. The van der Waals surface area contributed by atoms with Crippen molar-refractivity contribution in [2.24, 2.45) is 0 Å². The highest BCUT2D eigenvalue weighted by atomic mass is 16.6. The topological polar surface area (TPSA) is 123 Å². The van der Waals surface area contributed by atoms with Crippen LogP contribution in [0.15, 0.2) is 46.1 Å². The van der Waals surface area contributed by atoms with Crippen LogP contribution in [0.4, 0.5) is 0 Å². The summed E-state index contributed by atoms with van der Waals surface area (Å²) >= 11 is 0. The van der Waals surface area contributed by atoms with Crippen molar-refractivity contribution in [3.63, 3.8) is 0 Å². The van der Waals surface area contributed by atoms with E-state index in [1.807, 2.05) is 0 Å². The third-order valence-electron chi connectivity index (χ3n) is 4.37. The molecule has 1 aliphatic heterocycles. The fourth-order valence-electron chi connectivity index (χ4n) is 2.91. The van der Waals surface area contributed by atoms with Crippen LogP contribution in [0.5, 0.6) is 5.75 Å². The quantitative estimate of drug-likeness (QED) is 0.601. The predicted molar refractivity (Wildman–Crippen MR) is 90.1 cm³/mol. The lowest BCUT2D eigenvalue weighted by molar-refractivity contribution is -0.0570. The first-order valence-corrected chi connectivity index (χ1v) is 8.03. The van der Waals surface area contributed by atoms with Crippen molar-refractivity contribution in [3.05, 3.63) is 62.9 Å². The van der Waals surface area contributed by atoms with Crippen molar-refractivity contribution in [1.82, 2.24) is 9.13 Å². The Morgan fingerprint density at radius 1 is 1.12 bits per heavy atom. The summed E-state index contributed by atoms with van der Waals surface area (Å²) in [6, 6.07) is 8.25. The van der Waals surface area contributed by atoms with E-state index in [-0.39, 0.29) is 6.54 Å². The van der Waals surface area contributed by atoms with Crippen LogP contribution in [-0.4, -0.2) is 56.5 Å². The second-order valence-electron chi connectivity index (χ2n) is 6.01. The molecule has 4 atom stereocenters. The second-order valence-corrected chi connectivity index (χ2v) is 6.01. The molecule has 1 aliphatic rings. The second kappa shape index (κ2) is 7.42. The fraction of sp³-hybridized carbons (Fsp3) is 0.412. The molecule has 140 valence electrons. The molecule has 1 unspecified atom stereocenters. The maximum Gasteiger partial charge on any atom is 0.333 e. The zero-order valence-corrected chi connectivity index (χ0v) is 14.1. The molecule has 0 bridgehead atoms. The van der Waals surface area contributed by atoms with Gasteiger partial charge in [0, 0.05) is 12.3 Å². The highest BCUT2D eigenvalue weighted by Crippen LogP contribution is 2.27. The number of ether oxygens (including phenoxy) is 2. The first-order chi connectivity index (χ1) is 12.5. The average Bonchev–Trinajstić information content (AvgIpc) is 2.93. The van der Waals surface area contributed by atoms with Crippen LogP contribution in [0.25, 0.3) is 0 Å². The van der Waals surface area contributed by atoms with Crippen LogP contribution in [0.2, 0.25) is 0 Å². The van der Waals surface area contributed by atoms with E-state index in [0.717, 1.165) is 10.1 Å². The number of rotatable bonds is 5. The molecule has 9 heteroatoms. The Hall–Kier alpha value is -2.46. The van der Waals surface area contributed by atoms with E-state index in [1.165, 1.54) is 16.8 Å². The molecule has 0 saturated carbocycles. The molecule has 3 N–H and O–H groups in total. The molecule has 0 spiro atoms. The smallest absolute Gasteiger partial charge is 0.333 e. The summed E-state index contributed by atoms with van der Waals surface area (Å²) < 4.78 is 12.4. The number of methoxy groups -OCH3 is 1. The minimum Gasteiger partial charge on any atom is -0.497 e. The summed E-state index contributed by atoms with van der Waals surface area (Å²) in [5.74, 6) is 0.678. The van der Waals surface area contributed by atoms with Crippen molar-refractivity contribution in [2.45, 2.75) is 31.1 Å². The van der Waals surface area contributed by atoms with Crippen LogP contribution < -0.4 is 16.0 Å². The van der Waals surface area contributed by atoms with Gasteiger partial charge in [0.25, 0.3) is 5.56 Å². The van der Waals surface area contributed by atoms with E-state index in [0.29, 0.717) is 5.75 Å². The van der Waals surface area contributed by atoms with Gasteiger partial charge in [-0.2, -0.15) is 0 Å². The molecule has 0 amide bonds. The van der Waals surface area contributed by atoms with Gasteiger partial charge >= 0.3 is 5.69 Å². The summed E-state index contributed by atoms with van der Waals surface area (Å²) in [4.78, 5) is 24.9. The number of nitrogens with zero attached hydrogens (tertiary/aromatic N) is 2. The van der Waals surface area contributed by atoms with Gasteiger partial charge in [0.15, 0.2) is 6.23 Å². The van der Waals surface area contributed by atoms with Gasteiger partial charge in [-0.05, 0) is 17.7 Å². The molecule has 2 heterocycles. The first kappa shape index (κ1) is 18.3. The van der Waals surface area contributed by atoms with Crippen LogP contribution in [0.3, 0.4) is 0 Å². The molecule has 1 aromatic carbocycles. The van der Waals surface area contributed by atoms with Gasteiger partial charge < -0.3 is 24.8 Å². The van der Waals surface area contributed by atoms with Crippen molar-refractivity contribution in [3.8, 4) is 5.75 Å². The Morgan fingerprint density at radius 2 is 1.81 bits per heavy atom. The van der Waals surface area contributed by atoms with Gasteiger partial charge in [-0.3, -0.25) is 9.36 Å². The third kappa shape index (κ3) is 3.29. The molecule has 2 aromatic rings. The van der Waals surface area contributed by atoms with Gasteiger partial charge in [-0.25, -0.2) is 9.36 Å². The van der Waals surface area contributed by atoms with Gasteiger partial charge in [0.1, 0.15) is 24.1 Å². The molecule has 26 heavy (non-hydrogen) atoms. The van der Waals surface area contributed by atoms with Gasteiger partial charge in [0.05, 0.1) is 20.3 Å². The Balaban J connectivity index is 1.94. The molecule has 1 aromatic heterocycles. The Kier molecular flexibility index (Phi) is 5.23. The molecular formula is C17H20N2O7. The third-order valence-corrected chi connectivity index (χ3v) is 4.37. The number of aliphatic hydroxyl groups excluding tert-OH is 3. The predicted octanol–water partition coefficient (Wildman–Crippen LogP) is -1.32. The van der Waals surface area contributed by atoms with Crippen molar-refractivity contribution in [2.75, 3.05) is 13.7 Å². The standard InChI is InChI=1S/C17H20N2O7/c1-25-11-4-2-10(3-5-11)8-18-7-6-13(21)19(17(18)24)16-15(23)14(22)12(9-20)26-16/h2-7,12,14-16,20,22-23H,8-9H2,1H3/t12-,14?,15+,16-/m1/s1. The van der Waals surface area contributed by atoms with E-state index in [4.69, 9.17) is 9.47 Å². The molecule has 0 radical (unpaired) electrons. The van der Waals surface area contributed by atoms with Crippen molar-refractivity contribution >= 4 is 0 Å². The van der Waals surface area contributed by atoms with Gasteiger partial charge in [0.2, 0.25) is 0 Å². The summed E-state index contributed by atoms with van der Waals surface area (Å²) in [6.07, 6.45) is -3.99. The molecular weight excluding hydrogens is 344 g/mol. The van der Waals surface area contributed by atoms with Crippen LogP contribution in [0.1, 0.15) is 11.8 Å². The molecule has 3 rings (SSSR count). The van der Waals surface area contributed by atoms with Gasteiger partial charge in [-0.15, -0.1) is 0 Å². The van der Waals surface area contributed by atoms with E-state index in [9.17, 15) is 24.9 Å². The maximum atomic E-state index is 12.7. The number of hydrogen-bond acceptors (Lipinski definition) is 7. The minimum atomic E-state index is -1.51. The van der Waals surface area contributed by atoms with Crippen molar-refractivity contribution in [1.29, 1.82) is 0 Å². The largest absolute Gasteiger partial charge is 0.497 e. The summed E-state index contributed by atoms with van der Waals surface area (Å²) in [7, 11) is 1.55. The molecule has 1 fully saturated rings. The molecule has 0 aliphatic carbocycles. The van der Waals surface area contributed by atoms with Crippen molar-refractivity contribution < 1.29 is 24.8 Å². The minimum absolute atomic E-state index is 0.192. The molecule has 9 nitrogen and oxygen atoms in total. The number of aliphatic hydroxyl groups is 3. The van der Waals surface area contributed by atoms with E-state index < -0.39 is 42.4 Å². The SMILES string of the molecule is COc1ccc(Cn2ccc(=O)n([C@@H]3O[C@H](CO)C(O)[C@@H]3O)c2=O)cc1. The average molecular weight is 364 g/mol. The van der Waals surface area contributed by atoms with E-state index in [1.54, 1.807) is 31.4 Å². The Labute approximate surface area is 148 Å². The first-order valence-electron chi connectivity index (χ1n) is 8.03. The summed E-state index contributed by atoms with van der Waals surface area (Å²) in [6.45, 7) is -0.353. The highest BCUT2D eigenvalue weighted by molar-refractivity contribution is 5.27. The monoisotopic (exact) mass is 364 g/mol. The highest BCUT2D eigenvalue weighted by Gasteiger charge is 2.44. The fourth-order valence-corrected chi connectivity index (χ4v) is 2.91. The normalized spacial score (nSPS) is 25.4. The lowest BCUT2D eigenvalue weighted by atomic mass is 10.1. The van der Waals surface area contributed by atoms with Gasteiger partial charge in [-0.1, -0.05) is 12.1 Å². The van der Waals surface area contributed by atoms with E-state index in [2.05, 4.69) is 0 Å². The Morgan fingerprint density at radius 3 is 2.38 bits per heavy atom. The van der Waals surface area contributed by atoms with Crippen LogP contribution in [-0.2, 0) is 11.3 Å². The summed E-state index contributed by atoms with van der Waals surface area (Å²) in [5, 5.41) is 29.1. The zero-order valence-electron chi connectivity index (χ0n) is 14.1. The maximum absolute atomic E-state index is 12.7. The zero-order chi connectivity index (χ0) is 18.8. The lowest BCUT2D eigenvalue weighted by Gasteiger charge is -2.18. The summed E-state index contributed by atoms with van der Waals surface area (Å²) in [5.41, 5.74) is -0.557. The number of hydrogen-bond donors (Lipinski definition) is 3. The van der Waals surface area contributed by atoms with Crippen LogP contribution >= 0.6 is 0 Å². The number of benzene rings is 1. The van der Waals surface area contributed by atoms with Crippen LogP contribution in [0, 0.1) is 0 Å². The molecule has 1 saturated heterocycles.